The lowest BCUT2D eigenvalue weighted by atomic mass is 10.1. The second-order valence-electron chi connectivity index (χ2n) is 5.44. The molecule has 2 heteroatoms. The number of ether oxygens (including phenoxy) is 1. The molecule has 1 aromatic rings. The van der Waals surface area contributed by atoms with Crippen molar-refractivity contribution in [3.63, 3.8) is 0 Å². The first-order valence-corrected chi connectivity index (χ1v) is 6.40. The molecule has 18 heavy (non-hydrogen) atoms. The predicted octanol–water partition coefficient (Wildman–Crippen LogP) is 3.58. The van der Waals surface area contributed by atoms with Crippen LogP contribution in [-0.2, 0) is 16.1 Å². The summed E-state index contributed by atoms with van der Waals surface area (Å²) in [7, 11) is 0. The Hall–Kier alpha value is -1.57. The average molecular weight is 244 g/mol. The van der Waals surface area contributed by atoms with Gasteiger partial charge >= 0.3 is 5.97 Å². The first kappa shape index (κ1) is 12.9. The zero-order valence-electron chi connectivity index (χ0n) is 11.2. The summed E-state index contributed by atoms with van der Waals surface area (Å²) in [6.07, 6.45) is 4.12. The van der Waals surface area contributed by atoms with E-state index in [0.29, 0.717) is 12.5 Å². The maximum Gasteiger partial charge on any atom is 0.310 e. The van der Waals surface area contributed by atoms with Crippen molar-refractivity contribution in [1.82, 2.24) is 0 Å². The summed E-state index contributed by atoms with van der Waals surface area (Å²) in [5, 5.41) is 0. The topological polar surface area (TPSA) is 26.3 Å². The normalized spacial score (nSPS) is 25.1. The van der Waals surface area contributed by atoms with Crippen LogP contribution in [0.3, 0.4) is 0 Å². The fourth-order valence-electron chi connectivity index (χ4n) is 2.51. The van der Waals surface area contributed by atoms with Crippen molar-refractivity contribution in [2.45, 2.75) is 27.4 Å². The molecule has 0 bridgehead atoms. The van der Waals surface area contributed by atoms with Gasteiger partial charge in [0.1, 0.15) is 6.61 Å². The van der Waals surface area contributed by atoms with Crippen LogP contribution in [0.1, 0.15) is 26.3 Å². The molecule has 1 aromatic carbocycles. The standard InChI is InChI=1S/C16H20O2/c1-4-8-13-14(16(13,2)3)15(17)18-11-12-9-6-5-7-10-12/h4-10,13-14H,11H2,1-3H3/t13-,14-/m0/s1. The molecule has 0 aromatic heterocycles. The van der Waals surface area contributed by atoms with Crippen LogP contribution in [0, 0.1) is 17.3 Å². The summed E-state index contributed by atoms with van der Waals surface area (Å²) < 4.78 is 5.39. The monoisotopic (exact) mass is 244 g/mol. The Morgan fingerprint density at radius 2 is 2.00 bits per heavy atom. The van der Waals surface area contributed by atoms with Gasteiger partial charge in [0, 0.05) is 0 Å². The lowest BCUT2D eigenvalue weighted by Gasteiger charge is -2.05. The van der Waals surface area contributed by atoms with Crippen LogP contribution >= 0.6 is 0 Å². The first-order valence-electron chi connectivity index (χ1n) is 6.40. The molecule has 1 aliphatic carbocycles. The predicted molar refractivity (Wildman–Crippen MR) is 71.8 cm³/mol. The van der Waals surface area contributed by atoms with Crippen molar-refractivity contribution in [2.24, 2.45) is 17.3 Å². The van der Waals surface area contributed by atoms with Crippen LogP contribution < -0.4 is 0 Å². The molecule has 0 saturated heterocycles. The van der Waals surface area contributed by atoms with Gasteiger partial charge in [0.15, 0.2) is 0 Å². The number of rotatable bonds is 4. The molecule has 2 rings (SSSR count). The van der Waals surface area contributed by atoms with E-state index in [1.165, 1.54) is 0 Å². The van der Waals surface area contributed by atoms with E-state index < -0.39 is 0 Å². The van der Waals surface area contributed by atoms with Gasteiger partial charge < -0.3 is 4.74 Å². The molecule has 0 unspecified atom stereocenters. The maximum atomic E-state index is 12.0. The number of benzene rings is 1. The van der Waals surface area contributed by atoms with Crippen molar-refractivity contribution < 1.29 is 9.53 Å². The molecule has 0 heterocycles. The van der Waals surface area contributed by atoms with Crippen molar-refractivity contribution in [3.8, 4) is 0 Å². The molecule has 1 fully saturated rings. The van der Waals surface area contributed by atoms with Gasteiger partial charge in [0.25, 0.3) is 0 Å². The van der Waals surface area contributed by atoms with Crippen LogP contribution in [0.15, 0.2) is 42.5 Å². The van der Waals surface area contributed by atoms with Gasteiger partial charge in [0.05, 0.1) is 5.92 Å². The highest BCUT2D eigenvalue weighted by Crippen LogP contribution is 2.59. The van der Waals surface area contributed by atoms with E-state index in [-0.39, 0.29) is 17.3 Å². The third-order valence-corrected chi connectivity index (χ3v) is 3.79. The zero-order valence-corrected chi connectivity index (χ0v) is 11.2. The minimum absolute atomic E-state index is 0.0115. The van der Waals surface area contributed by atoms with Gasteiger partial charge in [-0.2, -0.15) is 0 Å². The Balaban J connectivity index is 1.90. The molecule has 1 aliphatic rings. The molecule has 0 spiro atoms. The van der Waals surface area contributed by atoms with Crippen molar-refractivity contribution in [1.29, 1.82) is 0 Å². The Kier molecular flexibility index (Phi) is 3.55. The molecule has 0 radical (unpaired) electrons. The molecule has 1 saturated carbocycles. The first-order chi connectivity index (χ1) is 8.57. The van der Waals surface area contributed by atoms with Gasteiger partial charge in [-0.05, 0) is 23.8 Å². The quantitative estimate of drug-likeness (QED) is 0.597. The van der Waals surface area contributed by atoms with Gasteiger partial charge in [-0.15, -0.1) is 0 Å². The van der Waals surface area contributed by atoms with Gasteiger partial charge in [0.2, 0.25) is 0 Å². The van der Waals surface area contributed by atoms with Crippen LogP contribution in [0.2, 0.25) is 0 Å². The Morgan fingerprint density at radius 3 is 2.61 bits per heavy atom. The number of carbonyl (C=O) groups is 1. The highest BCUT2D eigenvalue weighted by Gasteiger charge is 2.61. The minimum Gasteiger partial charge on any atom is -0.461 e. The molecular formula is C16H20O2. The molecule has 0 N–H and O–H groups in total. The van der Waals surface area contributed by atoms with Crippen molar-refractivity contribution >= 4 is 5.97 Å². The van der Waals surface area contributed by atoms with Crippen LogP contribution in [-0.4, -0.2) is 5.97 Å². The second-order valence-corrected chi connectivity index (χ2v) is 5.44. The highest BCUT2D eigenvalue weighted by molar-refractivity contribution is 5.78. The van der Waals surface area contributed by atoms with E-state index in [1.54, 1.807) is 0 Å². The third-order valence-electron chi connectivity index (χ3n) is 3.79. The third kappa shape index (κ3) is 2.47. The molecular weight excluding hydrogens is 224 g/mol. The minimum atomic E-state index is -0.0769. The largest absolute Gasteiger partial charge is 0.461 e. The fourth-order valence-corrected chi connectivity index (χ4v) is 2.51. The fraction of sp³-hybridized carbons (Fsp3) is 0.438. The summed E-state index contributed by atoms with van der Waals surface area (Å²) >= 11 is 0. The highest BCUT2D eigenvalue weighted by atomic mass is 16.5. The van der Waals surface area contributed by atoms with Crippen LogP contribution in [0.5, 0.6) is 0 Å². The molecule has 2 atom stereocenters. The summed E-state index contributed by atoms with van der Waals surface area (Å²) in [4.78, 5) is 12.0. The average Bonchev–Trinajstić information content (AvgIpc) is 2.90. The van der Waals surface area contributed by atoms with Gasteiger partial charge in [-0.25, -0.2) is 0 Å². The number of allylic oxidation sites excluding steroid dienone is 2. The summed E-state index contributed by atoms with van der Waals surface area (Å²) in [5.74, 6) is 0.259. The van der Waals surface area contributed by atoms with Crippen LogP contribution in [0.4, 0.5) is 0 Å². The van der Waals surface area contributed by atoms with E-state index in [0.717, 1.165) is 5.56 Å². The van der Waals surface area contributed by atoms with Gasteiger partial charge in [-0.1, -0.05) is 56.3 Å². The van der Waals surface area contributed by atoms with Gasteiger partial charge in [-0.3, -0.25) is 4.79 Å². The van der Waals surface area contributed by atoms with E-state index in [9.17, 15) is 4.79 Å². The van der Waals surface area contributed by atoms with E-state index in [4.69, 9.17) is 4.74 Å². The van der Waals surface area contributed by atoms with Crippen molar-refractivity contribution in [3.05, 3.63) is 48.0 Å². The number of esters is 1. The molecule has 96 valence electrons. The Bertz CT molecular complexity index is 445. The number of hydrogen-bond donors (Lipinski definition) is 0. The summed E-state index contributed by atoms with van der Waals surface area (Å²) in [6, 6.07) is 9.79. The van der Waals surface area contributed by atoms with E-state index in [2.05, 4.69) is 19.9 Å². The number of carbonyl (C=O) groups excluding carboxylic acids is 1. The lowest BCUT2D eigenvalue weighted by molar-refractivity contribution is -0.147. The molecule has 2 nitrogen and oxygen atoms in total. The lowest BCUT2D eigenvalue weighted by Crippen LogP contribution is -2.10. The molecule has 0 amide bonds. The zero-order chi connectivity index (χ0) is 13.2. The summed E-state index contributed by atoms with van der Waals surface area (Å²) in [5.41, 5.74) is 1.08. The summed E-state index contributed by atoms with van der Waals surface area (Å²) in [6.45, 7) is 6.59. The SMILES string of the molecule is CC=C[C@H]1[C@@H](C(=O)OCc2ccccc2)C1(C)C. The molecule has 0 aliphatic heterocycles. The second kappa shape index (κ2) is 4.97. The smallest absolute Gasteiger partial charge is 0.310 e. The van der Waals surface area contributed by atoms with E-state index in [1.807, 2.05) is 43.3 Å². The maximum absolute atomic E-state index is 12.0. The van der Waals surface area contributed by atoms with Crippen LogP contribution in [0.25, 0.3) is 0 Å². The number of hydrogen-bond acceptors (Lipinski definition) is 2. The van der Waals surface area contributed by atoms with E-state index >= 15 is 0 Å². The van der Waals surface area contributed by atoms with Crippen molar-refractivity contribution in [2.75, 3.05) is 0 Å². The Labute approximate surface area is 109 Å². The Morgan fingerprint density at radius 1 is 1.33 bits per heavy atom.